The average molecular weight is 411 g/mol. The van der Waals surface area contributed by atoms with E-state index in [1.165, 1.54) is 18.1 Å². The zero-order valence-electron chi connectivity index (χ0n) is 17.1. The summed E-state index contributed by atoms with van der Waals surface area (Å²) in [6.07, 6.45) is -1.75. The highest BCUT2D eigenvalue weighted by molar-refractivity contribution is 6.48. The molecule has 1 fully saturated rings. The number of carbonyl (C=O) groups is 1. The number of nitrogens with zero attached hydrogens (tertiary/aromatic N) is 1. The van der Waals surface area contributed by atoms with Crippen molar-refractivity contribution >= 4 is 13.2 Å². The molecule has 1 amide bonds. The summed E-state index contributed by atoms with van der Waals surface area (Å²) in [7, 11) is 0.579. The highest BCUT2D eigenvalue weighted by atomic mass is 19.4. The summed E-state index contributed by atoms with van der Waals surface area (Å²) in [5.41, 5.74) is -1.44. The average Bonchev–Trinajstić information content (AvgIpc) is 2.87. The van der Waals surface area contributed by atoms with Gasteiger partial charge < -0.3 is 14.0 Å². The lowest BCUT2D eigenvalue weighted by Crippen LogP contribution is -2.41. The van der Waals surface area contributed by atoms with E-state index in [0.717, 1.165) is 12.1 Å². The van der Waals surface area contributed by atoms with Crippen LogP contribution in [0.5, 0.6) is 0 Å². The molecular weight excluding hydrogens is 386 g/mol. The molecule has 0 bridgehead atoms. The molecule has 0 N–H and O–H groups in total. The Balaban J connectivity index is 1.99. The second-order valence-electron chi connectivity index (χ2n) is 8.40. The number of halogens is 3. The van der Waals surface area contributed by atoms with Gasteiger partial charge in [0.25, 0.3) is 0 Å². The summed E-state index contributed by atoms with van der Waals surface area (Å²) < 4.78 is 56.7. The molecule has 1 saturated heterocycles. The molecule has 0 saturated carbocycles. The van der Waals surface area contributed by atoms with Crippen LogP contribution in [0, 0.1) is 0 Å². The van der Waals surface area contributed by atoms with Crippen molar-refractivity contribution in [2.24, 2.45) is 0 Å². The standard InChI is InChI=1S/C20H25BF3NO4/c1-18(2)19(3,4)29-21(28-18)16-12-25(17(26)27-5)10-9-15(16)13-7-6-8-14(11-13)20(22,23)24/h6-11,15-16H,12H2,1-5H3/t15-,16+/m1/s1. The fourth-order valence-corrected chi connectivity index (χ4v) is 3.59. The molecule has 9 heteroatoms. The predicted octanol–water partition coefficient (Wildman–Crippen LogP) is 4.85. The predicted molar refractivity (Wildman–Crippen MR) is 102 cm³/mol. The van der Waals surface area contributed by atoms with Gasteiger partial charge in [-0.2, -0.15) is 13.2 Å². The van der Waals surface area contributed by atoms with Crippen LogP contribution in [-0.2, 0) is 20.2 Å². The quantitative estimate of drug-likeness (QED) is 0.654. The topological polar surface area (TPSA) is 48.0 Å². The highest BCUT2D eigenvalue weighted by Crippen LogP contribution is 2.46. The van der Waals surface area contributed by atoms with Gasteiger partial charge in [-0.25, -0.2) is 4.79 Å². The first-order valence-electron chi connectivity index (χ1n) is 9.41. The second kappa shape index (κ2) is 7.36. The smallest absolute Gasteiger partial charge is 0.452 e. The zero-order chi connectivity index (χ0) is 21.6. The molecule has 2 aliphatic heterocycles. The Bertz CT molecular complexity index is 793. The molecule has 0 unspecified atom stereocenters. The normalized spacial score (nSPS) is 25.9. The van der Waals surface area contributed by atoms with Crippen LogP contribution in [-0.4, -0.2) is 43.0 Å². The lowest BCUT2D eigenvalue weighted by Gasteiger charge is -2.34. The SMILES string of the molecule is COC(=O)N1C=C[C@H](c2cccc(C(F)(F)F)c2)[C@@H](B2OC(C)(C)C(C)(C)O2)C1. The van der Waals surface area contributed by atoms with Crippen LogP contribution in [0.15, 0.2) is 36.5 Å². The highest BCUT2D eigenvalue weighted by Gasteiger charge is 2.55. The van der Waals surface area contributed by atoms with Crippen molar-refractivity contribution in [3.63, 3.8) is 0 Å². The summed E-state index contributed by atoms with van der Waals surface area (Å²) in [4.78, 5) is 13.4. The number of hydrogen-bond donors (Lipinski definition) is 0. The third kappa shape index (κ3) is 4.16. The number of amides is 1. The summed E-state index contributed by atoms with van der Waals surface area (Å²) in [6.45, 7) is 7.82. The van der Waals surface area contributed by atoms with Gasteiger partial charge in [-0.15, -0.1) is 0 Å². The van der Waals surface area contributed by atoms with Gasteiger partial charge in [-0.3, -0.25) is 4.90 Å². The van der Waals surface area contributed by atoms with Crippen molar-refractivity contribution < 1.29 is 32.0 Å². The van der Waals surface area contributed by atoms with Crippen LogP contribution in [0.25, 0.3) is 0 Å². The summed E-state index contributed by atoms with van der Waals surface area (Å²) in [5.74, 6) is -0.837. The van der Waals surface area contributed by atoms with Gasteiger partial charge in [-0.1, -0.05) is 24.3 Å². The van der Waals surface area contributed by atoms with E-state index >= 15 is 0 Å². The molecule has 158 valence electrons. The number of ether oxygens (including phenoxy) is 1. The Morgan fingerprint density at radius 2 is 1.83 bits per heavy atom. The molecule has 5 nitrogen and oxygen atoms in total. The molecule has 2 heterocycles. The maximum absolute atomic E-state index is 13.2. The van der Waals surface area contributed by atoms with E-state index in [2.05, 4.69) is 0 Å². The molecule has 0 radical (unpaired) electrons. The van der Waals surface area contributed by atoms with E-state index in [-0.39, 0.29) is 6.54 Å². The van der Waals surface area contributed by atoms with Crippen molar-refractivity contribution in [1.82, 2.24) is 4.90 Å². The van der Waals surface area contributed by atoms with Crippen molar-refractivity contribution in [2.75, 3.05) is 13.7 Å². The molecule has 2 aliphatic rings. The van der Waals surface area contributed by atoms with E-state index in [1.807, 2.05) is 27.7 Å². The van der Waals surface area contributed by atoms with Crippen LogP contribution in [0.1, 0.15) is 44.7 Å². The monoisotopic (exact) mass is 411 g/mol. The van der Waals surface area contributed by atoms with Gasteiger partial charge in [0.2, 0.25) is 0 Å². The first-order valence-corrected chi connectivity index (χ1v) is 9.41. The fourth-order valence-electron chi connectivity index (χ4n) is 3.59. The molecule has 0 spiro atoms. The maximum Gasteiger partial charge on any atom is 0.463 e. The van der Waals surface area contributed by atoms with Crippen molar-refractivity contribution in [2.45, 2.75) is 56.8 Å². The molecule has 2 atom stereocenters. The van der Waals surface area contributed by atoms with Gasteiger partial charge in [0.15, 0.2) is 0 Å². The van der Waals surface area contributed by atoms with E-state index < -0.39 is 47.9 Å². The van der Waals surface area contributed by atoms with E-state index in [9.17, 15) is 18.0 Å². The second-order valence-corrected chi connectivity index (χ2v) is 8.40. The number of methoxy groups -OCH3 is 1. The van der Waals surface area contributed by atoms with Gasteiger partial charge in [0, 0.05) is 24.5 Å². The first kappa shape index (κ1) is 21.7. The Morgan fingerprint density at radius 1 is 1.21 bits per heavy atom. The molecule has 0 aromatic heterocycles. The Hall–Kier alpha value is -2.00. The number of hydrogen-bond acceptors (Lipinski definition) is 4. The summed E-state index contributed by atoms with van der Waals surface area (Å²) >= 11 is 0. The lowest BCUT2D eigenvalue weighted by atomic mass is 9.62. The van der Waals surface area contributed by atoms with Crippen LogP contribution in [0.2, 0.25) is 5.82 Å². The molecular formula is C20H25BF3NO4. The van der Waals surface area contributed by atoms with Crippen molar-refractivity contribution in [1.29, 1.82) is 0 Å². The number of carbonyl (C=O) groups excluding carboxylic acids is 1. The molecule has 1 aromatic carbocycles. The number of allylic oxidation sites excluding steroid dienone is 1. The Morgan fingerprint density at radius 3 is 2.38 bits per heavy atom. The molecule has 0 aliphatic carbocycles. The van der Waals surface area contributed by atoms with Crippen LogP contribution in [0.4, 0.5) is 18.0 Å². The summed E-state index contributed by atoms with van der Waals surface area (Å²) in [5, 5.41) is 0. The minimum atomic E-state index is -4.44. The largest absolute Gasteiger partial charge is 0.463 e. The number of benzene rings is 1. The number of alkyl halides is 3. The van der Waals surface area contributed by atoms with Crippen LogP contribution in [0.3, 0.4) is 0 Å². The first-order chi connectivity index (χ1) is 13.4. The molecule has 1 aromatic rings. The minimum Gasteiger partial charge on any atom is -0.452 e. The van der Waals surface area contributed by atoms with Gasteiger partial charge in [0.1, 0.15) is 0 Å². The van der Waals surface area contributed by atoms with E-state index in [0.29, 0.717) is 5.56 Å². The van der Waals surface area contributed by atoms with E-state index in [1.54, 1.807) is 18.3 Å². The van der Waals surface area contributed by atoms with Crippen LogP contribution < -0.4 is 0 Å². The van der Waals surface area contributed by atoms with Crippen LogP contribution >= 0.6 is 0 Å². The van der Waals surface area contributed by atoms with Gasteiger partial charge >= 0.3 is 19.4 Å². The van der Waals surface area contributed by atoms with Gasteiger partial charge in [0.05, 0.1) is 23.9 Å². The Kier molecular flexibility index (Phi) is 5.51. The Labute approximate surface area is 168 Å². The molecule has 29 heavy (non-hydrogen) atoms. The zero-order valence-corrected chi connectivity index (χ0v) is 17.1. The lowest BCUT2D eigenvalue weighted by molar-refractivity contribution is -0.137. The summed E-state index contributed by atoms with van der Waals surface area (Å²) in [6, 6.07) is 5.22. The van der Waals surface area contributed by atoms with Crippen molar-refractivity contribution in [3.8, 4) is 0 Å². The maximum atomic E-state index is 13.2. The minimum absolute atomic E-state index is 0.195. The third-order valence-electron chi connectivity index (χ3n) is 5.97. The fraction of sp³-hybridized carbons (Fsp3) is 0.550. The van der Waals surface area contributed by atoms with Crippen molar-refractivity contribution in [3.05, 3.63) is 47.7 Å². The number of rotatable bonds is 2. The third-order valence-corrected chi connectivity index (χ3v) is 5.97. The molecule has 3 rings (SSSR count). The van der Waals surface area contributed by atoms with Gasteiger partial charge in [-0.05, 0) is 39.3 Å². The van der Waals surface area contributed by atoms with E-state index in [4.69, 9.17) is 14.0 Å².